The summed E-state index contributed by atoms with van der Waals surface area (Å²) in [5, 5.41) is 4.46. The molecular weight excluding hydrogens is 576 g/mol. The lowest BCUT2D eigenvalue weighted by atomic mass is 9.53. The fourth-order valence-corrected chi connectivity index (χ4v) is 7.75. The van der Waals surface area contributed by atoms with Crippen LogP contribution in [0.2, 0.25) is 0 Å². The minimum absolute atomic E-state index is 0.0391. The molecule has 0 unspecified atom stereocenters. The second kappa shape index (κ2) is 11.3. The number of ether oxygens (including phenoxy) is 1. The van der Waals surface area contributed by atoms with Crippen LogP contribution in [0.3, 0.4) is 0 Å². The number of carbonyl (C=O) groups excluding carboxylic acids is 1. The fraction of sp³-hybridized carbons (Fsp3) is 0.559. The molecule has 9 nitrogen and oxygen atoms in total. The van der Waals surface area contributed by atoms with Gasteiger partial charge in [-0.25, -0.2) is 8.42 Å². The predicted octanol–water partition coefficient (Wildman–Crippen LogP) is 6.46. The van der Waals surface area contributed by atoms with Crippen molar-refractivity contribution in [3.63, 3.8) is 0 Å². The van der Waals surface area contributed by atoms with Gasteiger partial charge in [0.2, 0.25) is 21.8 Å². The van der Waals surface area contributed by atoms with E-state index in [1.807, 2.05) is 35.2 Å². The van der Waals surface area contributed by atoms with E-state index in [-0.39, 0.29) is 34.2 Å². The molecule has 44 heavy (non-hydrogen) atoms. The first kappa shape index (κ1) is 30.8. The van der Waals surface area contributed by atoms with Crippen molar-refractivity contribution in [2.45, 2.75) is 89.1 Å². The van der Waals surface area contributed by atoms with Crippen molar-refractivity contribution in [3.05, 3.63) is 60.2 Å². The monoisotopic (exact) mass is 620 g/mol. The maximum absolute atomic E-state index is 14.1. The van der Waals surface area contributed by atoms with Gasteiger partial charge in [-0.2, -0.15) is 4.98 Å². The Morgan fingerprint density at radius 2 is 1.68 bits per heavy atom. The predicted molar refractivity (Wildman–Crippen MR) is 171 cm³/mol. The zero-order valence-corrected chi connectivity index (χ0v) is 27.2. The molecule has 236 valence electrons. The summed E-state index contributed by atoms with van der Waals surface area (Å²) in [5.41, 5.74) is 3.18. The number of amides is 1. The summed E-state index contributed by atoms with van der Waals surface area (Å²) in [6.07, 6.45) is 8.87. The van der Waals surface area contributed by atoms with E-state index in [4.69, 9.17) is 14.2 Å². The Morgan fingerprint density at radius 1 is 1.02 bits per heavy atom. The molecule has 0 saturated heterocycles. The molecule has 4 fully saturated rings. The Morgan fingerprint density at radius 3 is 2.25 bits per heavy atom. The number of nitrogens with zero attached hydrogens (tertiary/aromatic N) is 3. The molecule has 4 saturated carbocycles. The highest BCUT2D eigenvalue weighted by atomic mass is 32.2. The molecule has 10 heteroatoms. The summed E-state index contributed by atoms with van der Waals surface area (Å²) in [6.45, 7) is 6.98. The maximum atomic E-state index is 14.1. The Labute approximate surface area is 260 Å². The minimum atomic E-state index is -3.35. The highest BCUT2D eigenvalue weighted by Crippen LogP contribution is 2.58. The summed E-state index contributed by atoms with van der Waals surface area (Å²) in [7, 11) is -1.64. The van der Waals surface area contributed by atoms with Gasteiger partial charge in [-0.1, -0.05) is 50.2 Å². The van der Waals surface area contributed by atoms with Crippen molar-refractivity contribution < 1.29 is 22.5 Å². The van der Waals surface area contributed by atoms with E-state index in [9.17, 15) is 13.2 Å². The third kappa shape index (κ3) is 6.15. The summed E-state index contributed by atoms with van der Waals surface area (Å²) in [6, 6.07) is 15.5. The van der Waals surface area contributed by atoms with Gasteiger partial charge in [-0.15, -0.1) is 0 Å². The van der Waals surface area contributed by atoms with E-state index in [1.54, 1.807) is 19.2 Å². The number of methoxy groups -OCH3 is 1. The number of benzene rings is 2. The summed E-state index contributed by atoms with van der Waals surface area (Å²) < 4.78 is 37.0. The zero-order chi connectivity index (χ0) is 31.3. The maximum Gasteiger partial charge on any atom is 0.232 e. The van der Waals surface area contributed by atoms with Crippen LogP contribution >= 0.6 is 0 Å². The van der Waals surface area contributed by atoms with E-state index in [2.05, 4.69) is 36.7 Å². The molecule has 7 rings (SSSR count). The third-order valence-corrected chi connectivity index (χ3v) is 10.8. The molecule has 1 aromatic heterocycles. The zero-order valence-electron chi connectivity index (χ0n) is 26.4. The second-order valence-corrected chi connectivity index (χ2v) is 16.2. The van der Waals surface area contributed by atoms with Crippen LogP contribution in [-0.2, 0) is 30.4 Å². The first-order chi connectivity index (χ1) is 20.8. The van der Waals surface area contributed by atoms with E-state index in [1.165, 1.54) is 0 Å². The van der Waals surface area contributed by atoms with Crippen LogP contribution < -0.4 is 9.62 Å². The minimum Gasteiger partial charge on any atom is -0.381 e. The molecular formula is C34H44N4O5S. The summed E-state index contributed by atoms with van der Waals surface area (Å²) >= 11 is 0. The van der Waals surface area contributed by atoms with Gasteiger partial charge in [0.05, 0.1) is 12.4 Å². The number of carbonyl (C=O) groups is 1. The summed E-state index contributed by atoms with van der Waals surface area (Å²) in [4.78, 5) is 21.0. The van der Waals surface area contributed by atoms with Crippen molar-refractivity contribution in [2.24, 2.45) is 11.3 Å². The van der Waals surface area contributed by atoms with Gasteiger partial charge in [0.1, 0.15) is 0 Å². The average Bonchev–Trinajstić information content (AvgIpc) is 3.49. The van der Waals surface area contributed by atoms with Gasteiger partial charge >= 0.3 is 0 Å². The molecule has 0 aliphatic heterocycles. The number of fused-ring (bicyclic) bond motifs is 3. The van der Waals surface area contributed by atoms with E-state index in [0.29, 0.717) is 18.1 Å². The second-order valence-electron chi connectivity index (χ2n) is 14.4. The lowest BCUT2D eigenvalue weighted by Crippen LogP contribution is -2.53. The van der Waals surface area contributed by atoms with Crippen molar-refractivity contribution in [1.82, 2.24) is 10.1 Å². The fourth-order valence-electron chi connectivity index (χ4n) is 7.19. The molecule has 4 aliphatic rings. The van der Waals surface area contributed by atoms with Gasteiger partial charge in [-0.3, -0.25) is 9.52 Å². The van der Waals surface area contributed by atoms with Gasteiger partial charge < -0.3 is 14.2 Å². The summed E-state index contributed by atoms with van der Waals surface area (Å²) in [5.74, 6) is 1.68. The quantitative estimate of drug-likeness (QED) is 0.292. The number of hydrogen-bond acceptors (Lipinski definition) is 7. The first-order valence-electron chi connectivity index (χ1n) is 15.7. The third-order valence-electron chi connectivity index (χ3n) is 10.2. The average molecular weight is 621 g/mol. The highest BCUT2D eigenvalue weighted by molar-refractivity contribution is 7.92. The van der Waals surface area contributed by atoms with Crippen LogP contribution in [0.4, 0.5) is 11.4 Å². The van der Waals surface area contributed by atoms with Crippen LogP contribution in [0.5, 0.6) is 0 Å². The Bertz CT molecular complexity index is 1590. The molecule has 0 spiro atoms. The normalized spacial score (nSPS) is 26.7. The van der Waals surface area contributed by atoms with Crippen molar-refractivity contribution >= 4 is 27.3 Å². The smallest absolute Gasteiger partial charge is 0.232 e. The molecule has 2 bridgehead atoms. The van der Waals surface area contributed by atoms with Crippen LogP contribution in [0, 0.1) is 11.3 Å². The lowest BCUT2D eigenvalue weighted by molar-refractivity contribution is -0.130. The molecule has 4 aliphatic carbocycles. The van der Waals surface area contributed by atoms with Crippen molar-refractivity contribution in [3.8, 4) is 11.1 Å². The molecule has 1 heterocycles. The number of hydrogen-bond donors (Lipinski definition) is 1. The van der Waals surface area contributed by atoms with Crippen LogP contribution in [0.15, 0.2) is 53.1 Å². The van der Waals surface area contributed by atoms with E-state index < -0.39 is 10.0 Å². The van der Waals surface area contributed by atoms with Crippen LogP contribution in [0.25, 0.3) is 11.1 Å². The molecule has 1 N–H and O–H groups in total. The van der Waals surface area contributed by atoms with Crippen LogP contribution in [0.1, 0.15) is 83.9 Å². The Hall–Kier alpha value is -3.24. The number of rotatable bonds is 9. The number of aromatic nitrogens is 2. The molecule has 0 atom stereocenters. The Kier molecular flexibility index (Phi) is 7.89. The standard InChI is InChI=1S/C34H44N4O5S/c1-32(2,3)31-35-30(36-43-31)34-16-13-33(14-17-34,15-18-34)22-38(29(39)25-20-28(21-25)42-4)27-8-6-7-24(19-27)23-9-11-26(12-10-23)37-44(5,40)41/h6-12,19,25,28,37H,13-18,20-22H2,1-5H3. The van der Waals surface area contributed by atoms with Crippen LogP contribution in [-0.4, -0.2) is 50.5 Å². The lowest BCUT2D eigenvalue weighted by Gasteiger charge is -2.53. The van der Waals surface area contributed by atoms with E-state index >= 15 is 0 Å². The molecule has 3 aromatic rings. The van der Waals surface area contributed by atoms with Gasteiger partial charge in [0.25, 0.3) is 0 Å². The highest BCUT2D eigenvalue weighted by Gasteiger charge is 2.53. The number of nitrogens with one attached hydrogen (secondary N) is 1. The van der Waals surface area contributed by atoms with Gasteiger partial charge in [0, 0.05) is 41.8 Å². The van der Waals surface area contributed by atoms with Crippen molar-refractivity contribution in [1.29, 1.82) is 0 Å². The number of anilines is 2. The SMILES string of the molecule is COC1CC(C(=O)N(CC23CCC(c4noc(C(C)(C)C)n4)(CC2)CC3)c2cccc(-c3ccc(NS(C)(=O)=O)cc3)c2)C1. The largest absolute Gasteiger partial charge is 0.381 e. The molecule has 0 radical (unpaired) electrons. The van der Waals surface area contributed by atoms with Gasteiger partial charge in [0.15, 0.2) is 5.82 Å². The molecule has 2 aromatic carbocycles. The molecule has 1 amide bonds. The first-order valence-corrected chi connectivity index (χ1v) is 17.5. The topological polar surface area (TPSA) is 115 Å². The van der Waals surface area contributed by atoms with E-state index in [0.717, 1.165) is 80.3 Å². The Balaban J connectivity index is 1.24. The van der Waals surface area contributed by atoms with Crippen molar-refractivity contribution in [2.75, 3.05) is 29.5 Å². The van der Waals surface area contributed by atoms with Gasteiger partial charge in [-0.05, 0) is 92.2 Å². The number of sulfonamides is 1.